The van der Waals surface area contributed by atoms with E-state index >= 15 is 0 Å². The van der Waals surface area contributed by atoms with Gasteiger partial charge in [-0.2, -0.15) is 0 Å². The molecule has 0 aliphatic heterocycles. The van der Waals surface area contributed by atoms with E-state index in [-0.39, 0.29) is 5.97 Å². The van der Waals surface area contributed by atoms with Crippen LogP contribution in [0, 0.1) is 6.92 Å². The number of likely N-dealkylation sites (N-methyl/N-ethyl adjacent to an activating group) is 1. The molecule has 0 aromatic carbocycles. The van der Waals surface area contributed by atoms with E-state index in [4.69, 9.17) is 4.74 Å². The van der Waals surface area contributed by atoms with Crippen molar-refractivity contribution < 1.29 is 9.53 Å². The maximum Gasteiger partial charge on any atom is 0.326 e. The average Bonchev–Trinajstić information content (AvgIpc) is 2.83. The first-order chi connectivity index (χ1) is 9.09. The molecule has 1 aliphatic rings. The third kappa shape index (κ3) is 3.30. The Hall–Kier alpha value is -0.590. The van der Waals surface area contributed by atoms with Crippen molar-refractivity contribution in [3.63, 3.8) is 0 Å². The van der Waals surface area contributed by atoms with Gasteiger partial charge >= 0.3 is 5.97 Å². The molecule has 106 valence electrons. The Morgan fingerprint density at radius 2 is 2.47 bits per heavy atom. The van der Waals surface area contributed by atoms with Crippen LogP contribution in [0.2, 0.25) is 0 Å². The molecule has 1 saturated carbocycles. The number of nitrogens with one attached hydrogen (secondary N) is 1. The SMILES string of the molecule is CNC1(C(=O)OC)CCCC(Sc2nc(C)cs2)C1. The smallest absolute Gasteiger partial charge is 0.326 e. The lowest BCUT2D eigenvalue weighted by Gasteiger charge is -2.37. The van der Waals surface area contributed by atoms with Gasteiger partial charge in [-0.3, -0.25) is 4.79 Å². The molecular formula is C13H20N2O2S2. The molecule has 4 nitrogen and oxygen atoms in total. The Balaban J connectivity index is 2.05. The predicted octanol–water partition coefficient (Wildman–Crippen LogP) is 2.62. The number of thioether (sulfide) groups is 1. The number of methoxy groups -OCH3 is 1. The number of thiazole rings is 1. The minimum absolute atomic E-state index is 0.143. The van der Waals surface area contributed by atoms with Crippen LogP contribution in [0.15, 0.2) is 9.72 Å². The van der Waals surface area contributed by atoms with Crippen molar-refractivity contribution in [1.29, 1.82) is 0 Å². The third-order valence-corrected chi connectivity index (χ3v) is 5.98. The molecule has 1 aromatic rings. The van der Waals surface area contributed by atoms with E-state index < -0.39 is 5.54 Å². The third-order valence-electron chi connectivity index (χ3n) is 3.63. The lowest BCUT2D eigenvalue weighted by Crippen LogP contribution is -2.54. The molecule has 1 aromatic heterocycles. The van der Waals surface area contributed by atoms with Gasteiger partial charge in [0.2, 0.25) is 0 Å². The predicted molar refractivity (Wildman–Crippen MR) is 78.8 cm³/mol. The second-order valence-corrected chi connectivity index (χ2v) is 7.32. The van der Waals surface area contributed by atoms with Crippen LogP contribution in [0.1, 0.15) is 31.4 Å². The van der Waals surface area contributed by atoms with Crippen LogP contribution in [0.5, 0.6) is 0 Å². The van der Waals surface area contributed by atoms with Crippen LogP contribution in [0.3, 0.4) is 0 Å². The van der Waals surface area contributed by atoms with E-state index in [0.29, 0.717) is 5.25 Å². The van der Waals surface area contributed by atoms with E-state index in [0.717, 1.165) is 35.7 Å². The number of esters is 1. The summed E-state index contributed by atoms with van der Waals surface area (Å²) in [6, 6.07) is 0. The molecular weight excluding hydrogens is 280 g/mol. The molecule has 0 bridgehead atoms. The van der Waals surface area contributed by atoms with Crippen molar-refractivity contribution in [2.45, 2.75) is 47.7 Å². The Morgan fingerprint density at radius 3 is 3.05 bits per heavy atom. The van der Waals surface area contributed by atoms with E-state index in [2.05, 4.69) is 15.7 Å². The van der Waals surface area contributed by atoms with Crippen molar-refractivity contribution in [2.24, 2.45) is 0 Å². The summed E-state index contributed by atoms with van der Waals surface area (Å²) in [5.74, 6) is -0.143. The molecule has 0 radical (unpaired) electrons. The molecule has 1 heterocycles. The Bertz CT molecular complexity index is 450. The highest BCUT2D eigenvalue weighted by Gasteiger charge is 2.42. The van der Waals surface area contributed by atoms with Crippen LogP contribution >= 0.6 is 23.1 Å². The normalized spacial score (nSPS) is 27.2. The van der Waals surface area contributed by atoms with E-state index in [1.807, 2.05) is 14.0 Å². The second kappa shape index (κ2) is 6.24. The van der Waals surface area contributed by atoms with Gasteiger partial charge in [-0.25, -0.2) is 4.98 Å². The highest BCUT2D eigenvalue weighted by molar-refractivity contribution is 8.01. The summed E-state index contributed by atoms with van der Waals surface area (Å²) in [7, 11) is 3.31. The maximum absolute atomic E-state index is 12.0. The molecule has 1 N–H and O–H groups in total. The molecule has 19 heavy (non-hydrogen) atoms. The van der Waals surface area contributed by atoms with E-state index in [9.17, 15) is 4.79 Å². The number of nitrogens with zero attached hydrogens (tertiary/aromatic N) is 1. The second-order valence-electron chi connectivity index (χ2n) is 4.91. The molecule has 0 saturated heterocycles. The average molecular weight is 300 g/mol. The zero-order chi connectivity index (χ0) is 13.9. The van der Waals surface area contributed by atoms with Crippen LogP contribution < -0.4 is 5.32 Å². The van der Waals surface area contributed by atoms with Crippen LogP contribution in [-0.2, 0) is 9.53 Å². The van der Waals surface area contributed by atoms with Gasteiger partial charge in [-0.15, -0.1) is 11.3 Å². The fourth-order valence-electron chi connectivity index (χ4n) is 2.56. The molecule has 1 aliphatic carbocycles. The monoisotopic (exact) mass is 300 g/mol. The summed E-state index contributed by atoms with van der Waals surface area (Å²) >= 11 is 3.47. The first kappa shape index (κ1) is 14.8. The Kier molecular flexibility index (Phi) is 4.86. The van der Waals surface area contributed by atoms with Gasteiger partial charge in [0.1, 0.15) is 9.88 Å². The number of carbonyl (C=O) groups is 1. The number of hydrogen-bond donors (Lipinski definition) is 1. The summed E-state index contributed by atoms with van der Waals surface area (Å²) in [5, 5.41) is 5.67. The Morgan fingerprint density at radius 1 is 1.68 bits per heavy atom. The number of rotatable bonds is 4. The quantitative estimate of drug-likeness (QED) is 0.866. The van der Waals surface area contributed by atoms with Gasteiger partial charge in [0, 0.05) is 16.3 Å². The first-order valence-electron chi connectivity index (χ1n) is 6.46. The summed E-state index contributed by atoms with van der Waals surface area (Å²) in [5.41, 5.74) is 0.549. The summed E-state index contributed by atoms with van der Waals surface area (Å²) in [6.07, 6.45) is 3.82. The molecule has 1 fully saturated rings. The molecule has 2 atom stereocenters. The number of aryl methyl sites for hydroxylation is 1. The Labute approximate surface area is 122 Å². The highest BCUT2D eigenvalue weighted by atomic mass is 32.2. The lowest BCUT2D eigenvalue weighted by atomic mass is 9.81. The van der Waals surface area contributed by atoms with Crippen molar-refractivity contribution >= 4 is 29.1 Å². The van der Waals surface area contributed by atoms with Crippen LogP contribution in [-0.4, -0.2) is 35.9 Å². The van der Waals surface area contributed by atoms with Gasteiger partial charge in [0.25, 0.3) is 0 Å². The summed E-state index contributed by atoms with van der Waals surface area (Å²) < 4.78 is 6.06. The zero-order valence-electron chi connectivity index (χ0n) is 11.6. The number of ether oxygens (including phenoxy) is 1. The minimum atomic E-state index is -0.517. The molecule has 0 amide bonds. The molecule has 0 spiro atoms. The fourth-order valence-corrected chi connectivity index (χ4v) is 4.99. The summed E-state index contributed by atoms with van der Waals surface area (Å²) in [4.78, 5) is 16.5. The van der Waals surface area contributed by atoms with Crippen molar-refractivity contribution in [2.75, 3.05) is 14.2 Å². The number of aromatic nitrogens is 1. The minimum Gasteiger partial charge on any atom is -0.468 e. The fraction of sp³-hybridized carbons (Fsp3) is 0.692. The largest absolute Gasteiger partial charge is 0.468 e. The number of hydrogen-bond acceptors (Lipinski definition) is 6. The van der Waals surface area contributed by atoms with Gasteiger partial charge in [0.05, 0.1) is 7.11 Å². The van der Waals surface area contributed by atoms with Crippen molar-refractivity contribution in [1.82, 2.24) is 10.3 Å². The van der Waals surface area contributed by atoms with E-state index in [1.54, 1.807) is 23.1 Å². The molecule has 2 rings (SSSR count). The lowest BCUT2D eigenvalue weighted by molar-refractivity contribution is -0.149. The topological polar surface area (TPSA) is 51.2 Å². The number of carbonyl (C=O) groups excluding carboxylic acids is 1. The standard InChI is InChI=1S/C13H20N2O2S2/c1-9-8-18-12(15-9)19-10-5-4-6-13(7-10,14-2)11(16)17-3/h8,10,14H,4-7H2,1-3H3. The van der Waals surface area contributed by atoms with Crippen molar-refractivity contribution in [3.05, 3.63) is 11.1 Å². The maximum atomic E-state index is 12.0. The highest BCUT2D eigenvalue weighted by Crippen LogP contribution is 2.39. The van der Waals surface area contributed by atoms with Gasteiger partial charge in [-0.1, -0.05) is 11.8 Å². The molecule has 2 unspecified atom stereocenters. The zero-order valence-corrected chi connectivity index (χ0v) is 13.2. The first-order valence-corrected chi connectivity index (χ1v) is 8.21. The van der Waals surface area contributed by atoms with Gasteiger partial charge in [0.15, 0.2) is 0 Å². The van der Waals surface area contributed by atoms with Crippen LogP contribution in [0.4, 0.5) is 0 Å². The van der Waals surface area contributed by atoms with E-state index in [1.165, 1.54) is 7.11 Å². The van der Waals surface area contributed by atoms with Crippen LogP contribution in [0.25, 0.3) is 0 Å². The molecule has 6 heteroatoms. The summed E-state index contributed by atoms with van der Waals surface area (Å²) in [6.45, 7) is 2.01. The van der Waals surface area contributed by atoms with Gasteiger partial charge < -0.3 is 10.1 Å². The van der Waals surface area contributed by atoms with Crippen molar-refractivity contribution in [3.8, 4) is 0 Å². The van der Waals surface area contributed by atoms with Gasteiger partial charge in [-0.05, 0) is 39.7 Å².